The number of imidazole rings is 1. The van der Waals surface area contributed by atoms with Gasteiger partial charge < -0.3 is 14.8 Å². The lowest BCUT2D eigenvalue weighted by molar-refractivity contribution is 0.475. The minimum Gasteiger partial charge on any atom is -0.506 e. The quantitative estimate of drug-likeness (QED) is 0.720. The van der Waals surface area contributed by atoms with Gasteiger partial charge in [0.25, 0.3) is 0 Å². The summed E-state index contributed by atoms with van der Waals surface area (Å²) in [6, 6.07) is 10.9. The van der Waals surface area contributed by atoms with Gasteiger partial charge in [0.15, 0.2) is 0 Å². The smallest absolute Gasteiger partial charge is 0.137 e. The number of aromatic nitrogens is 2. The van der Waals surface area contributed by atoms with E-state index in [9.17, 15) is 5.11 Å². The third-order valence-electron chi connectivity index (χ3n) is 2.84. The standard InChI is InChI=1S/C14H12ClN3O/c15-12-7-10(4-5-13(12)19)16-8-11-9-18-6-2-1-3-14(18)17-11/h1-7,9,16,19H,8H2. The summed E-state index contributed by atoms with van der Waals surface area (Å²) in [6.07, 6.45) is 3.94. The zero-order chi connectivity index (χ0) is 13.2. The van der Waals surface area contributed by atoms with Gasteiger partial charge in [-0.1, -0.05) is 17.7 Å². The van der Waals surface area contributed by atoms with Crippen LogP contribution in [0.4, 0.5) is 5.69 Å². The summed E-state index contributed by atoms with van der Waals surface area (Å²) in [6.45, 7) is 0.600. The number of phenols is 1. The monoisotopic (exact) mass is 273 g/mol. The molecule has 3 rings (SSSR count). The van der Waals surface area contributed by atoms with Gasteiger partial charge in [-0.05, 0) is 30.3 Å². The molecular formula is C14H12ClN3O. The van der Waals surface area contributed by atoms with Gasteiger partial charge >= 0.3 is 0 Å². The zero-order valence-corrected chi connectivity index (χ0v) is 10.8. The highest BCUT2D eigenvalue weighted by atomic mass is 35.5. The topological polar surface area (TPSA) is 49.6 Å². The molecular weight excluding hydrogens is 262 g/mol. The van der Waals surface area contributed by atoms with E-state index in [4.69, 9.17) is 11.6 Å². The fourth-order valence-electron chi connectivity index (χ4n) is 1.88. The molecule has 2 aromatic heterocycles. The normalized spacial score (nSPS) is 10.8. The second kappa shape index (κ2) is 4.82. The zero-order valence-electron chi connectivity index (χ0n) is 10.0. The molecule has 96 valence electrons. The van der Waals surface area contributed by atoms with Crippen LogP contribution in [-0.4, -0.2) is 14.5 Å². The Bertz CT molecular complexity index is 691. The molecule has 0 bridgehead atoms. The van der Waals surface area contributed by atoms with Gasteiger partial charge in [0, 0.05) is 18.1 Å². The highest BCUT2D eigenvalue weighted by Crippen LogP contribution is 2.26. The lowest BCUT2D eigenvalue weighted by atomic mass is 10.3. The average molecular weight is 274 g/mol. The fraction of sp³-hybridized carbons (Fsp3) is 0.0714. The number of aromatic hydroxyl groups is 1. The van der Waals surface area contributed by atoms with E-state index >= 15 is 0 Å². The molecule has 0 saturated heterocycles. The van der Waals surface area contributed by atoms with E-state index in [-0.39, 0.29) is 5.75 Å². The summed E-state index contributed by atoms with van der Waals surface area (Å²) >= 11 is 5.85. The molecule has 0 spiro atoms. The maximum absolute atomic E-state index is 9.35. The number of rotatable bonds is 3. The average Bonchev–Trinajstić information content (AvgIpc) is 2.83. The van der Waals surface area contributed by atoms with E-state index in [2.05, 4.69) is 10.3 Å². The van der Waals surface area contributed by atoms with Gasteiger partial charge in [0.1, 0.15) is 11.4 Å². The molecule has 0 aliphatic carbocycles. The number of hydrogen-bond donors (Lipinski definition) is 2. The summed E-state index contributed by atoms with van der Waals surface area (Å²) in [5.41, 5.74) is 2.71. The molecule has 3 aromatic rings. The van der Waals surface area contributed by atoms with Crippen molar-refractivity contribution in [2.45, 2.75) is 6.54 Å². The molecule has 0 atom stereocenters. The molecule has 0 fully saturated rings. The number of nitrogens with zero attached hydrogens (tertiary/aromatic N) is 2. The number of halogens is 1. The van der Waals surface area contributed by atoms with Crippen molar-refractivity contribution in [3.63, 3.8) is 0 Å². The Hall–Kier alpha value is -2.20. The second-order valence-corrected chi connectivity index (χ2v) is 4.63. The summed E-state index contributed by atoms with van der Waals surface area (Å²) in [5.74, 6) is 0.0833. The highest BCUT2D eigenvalue weighted by Gasteiger charge is 2.02. The summed E-state index contributed by atoms with van der Waals surface area (Å²) in [4.78, 5) is 4.49. The van der Waals surface area contributed by atoms with Crippen LogP contribution in [0.3, 0.4) is 0 Å². The first kappa shape index (κ1) is 11.9. The predicted molar refractivity (Wildman–Crippen MR) is 75.6 cm³/mol. The van der Waals surface area contributed by atoms with Gasteiger partial charge in [0.05, 0.1) is 17.3 Å². The van der Waals surface area contributed by atoms with E-state index in [0.29, 0.717) is 11.6 Å². The fourth-order valence-corrected chi connectivity index (χ4v) is 2.06. The molecule has 5 heteroatoms. The van der Waals surface area contributed by atoms with E-state index in [0.717, 1.165) is 17.0 Å². The van der Waals surface area contributed by atoms with Crippen molar-refractivity contribution in [1.29, 1.82) is 0 Å². The third kappa shape index (κ3) is 2.48. The molecule has 19 heavy (non-hydrogen) atoms. The summed E-state index contributed by atoms with van der Waals surface area (Å²) in [7, 11) is 0. The van der Waals surface area contributed by atoms with Crippen LogP contribution in [-0.2, 0) is 6.54 Å². The maximum atomic E-state index is 9.35. The largest absolute Gasteiger partial charge is 0.506 e. The maximum Gasteiger partial charge on any atom is 0.137 e. The number of fused-ring (bicyclic) bond motifs is 1. The number of anilines is 1. The van der Waals surface area contributed by atoms with Crippen LogP contribution in [0.15, 0.2) is 48.8 Å². The first-order valence-corrected chi connectivity index (χ1v) is 6.25. The van der Waals surface area contributed by atoms with Crippen LogP contribution < -0.4 is 5.32 Å². The number of hydrogen-bond acceptors (Lipinski definition) is 3. The van der Waals surface area contributed by atoms with Crippen LogP contribution in [0.2, 0.25) is 5.02 Å². The second-order valence-electron chi connectivity index (χ2n) is 4.22. The lowest BCUT2D eigenvalue weighted by Gasteiger charge is -2.05. The number of phenolic OH excluding ortho intramolecular Hbond substituents is 1. The predicted octanol–water partition coefficient (Wildman–Crippen LogP) is 3.31. The molecule has 0 aliphatic rings. The van der Waals surface area contributed by atoms with Crippen LogP contribution in [0, 0.1) is 0 Å². The molecule has 0 saturated carbocycles. The van der Waals surface area contributed by atoms with E-state index < -0.39 is 0 Å². The molecule has 0 unspecified atom stereocenters. The summed E-state index contributed by atoms with van der Waals surface area (Å²) in [5, 5.41) is 12.9. The van der Waals surface area contributed by atoms with Crippen molar-refractivity contribution in [1.82, 2.24) is 9.38 Å². The molecule has 0 radical (unpaired) electrons. The molecule has 0 amide bonds. The minimum atomic E-state index is 0.0833. The Labute approximate surface area is 115 Å². The van der Waals surface area contributed by atoms with Crippen molar-refractivity contribution in [2.24, 2.45) is 0 Å². The number of pyridine rings is 1. The Morgan fingerprint density at radius 3 is 2.95 bits per heavy atom. The van der Waals surface area contributed by atoms with Crippen LogP contribution >= 0.6 is 11.6 Å². The van der Waals surface area contributed by atoms with E-state index in [1.165, 1.54) is 0 Å². The molecule has 1 aromatic carbocycles. The lowest BCUT2D eigenvalue weighted by Crippen LogP contribution is -1.99. The van der Waals surface area contributed by atoms with Gasteiger partial charge in [-0.25, -0.2) is 4.98 Å². The van der Waals surface area contributed by atoms with Crippen molar-refractivity contribution >= 4 is 22.9 Å². The van der Waals surface area contributed by atoms with Crippen molar-refractivity contribution < 1.29 is 5.11 Å². The van der Waals surface area contributed by atoms with E-state index in [1.807, 2.05) is 35.0 Å². The minimum absolute atomic E-state index is 0.0833. The number of benzene rings is 1. The van der Waals surface area contributed by atoms with Gasteiger partial charge in [-0.2, -0.15) is 0 Å². The molecule has 2 N–H and O–H groups in total. The Morgan fingerprint density at radius 1 is 1.26 bits per heavy atom. The third-order valence-corrected chi connectivity index (χ3v) is 3.14. The van der Waals surface area contributed by atoms with Crippen molar-refractivity contribution in [3.05, 3.63) is 59.5 Å². The first-order chi connectivity index (χ1) is 9.22. The van der Waals surface area contributed by atoms with Gasteiger partial charge in [-0.15, -0.1) is 0 Å². The van der Waals surface area contributed by atoms with Crippen LogP contribution in [0.1, 0.15) is 5.69 Å². The molecule has 2 heterocycles. The van der Waals surface area contributed by atoms with Crippen LogP contribution in [0.25, 0.3) is 5.65 Å². The Balaban J connectivity index is 1.76. The van der Waals surface area contributed by atoms with Crippen molar-refractivity contribution in [3.8, 4) is 5.75 Å². The Kier molecular flexibility index (Phi) is 3.01. The first-order valence-electron chi connectivity index (χ1n) is 5.87. The van der Waals surface area contributed by atoms with Crippen LogP contribution in [0.5, 0.6) is 5.75 Å². The van der Waals surface area contributed by atoms with Gasteiger partial charge in [0.2, 0.25) is 0 Å². The number of nitrogens with one attached hydrogen (secondary N) is 1. The SMILES string of the molecule is Oc1ccc(NCc2cn3ccccc3n2)cc1Cl. The highest BCUT2D eigenvalue weighted by molar-refractivity contribution is 6.32. The van der Waals surface area contributed by atoms with Crippen molar-refractivity contribution in [2.75, 3.05) is 5.32 Å². The van der Waals surface area contributed by atoms with E-state index in [1.54, 1.807) is 18.2 Å². The molecule has 0 aliphatic heterocycles. The summed E-state index contributed by atoms with van der Waals surface area (Å²) < 4.78 is 1.97. The van der Waals surface area contributed by atoms with Gasteiger partial charge in [-0.3, -0.25) is 0 Å². The molecule has 4 nitrogen and oxygen atoms in total. The Morgan fingerprint density at radius 2 is 2.16 bits per heavy atom.